The summed E-state index contributed by atoms with van der Waals surface area (Å²) in [6.07, 6.45) is 15.9. The summed E-state index contributed by atoms with van der Waals surface area (Å²) in [5.41, 5.74) is 0.243. The molecule has 3 aliphatic carbocycles. The third kappa shape index (κ3) is 6.26. The number of fused-ring (bicyclic) bond motifs is 3. The van der Waals surface area contributed by atoms with Crippen LogP contribution in [0, 0.1) is 40.9 Å². The number of rotatable bonds is 7. The maximum atomic E-state index is 11.9. The lowest BCUT2D eigenvalue weighted by molar-refractivity contribution is -0.193. The second-order valence-corrected chi connectivity index (χ2v) is 12.8. The van der Waals surface area contributed by atoms with Crippen molar-refractivity contribution in [3.8, 4) is 0 Å². The molecule has 5 heteroatoms. The van der Waals surface area contributed by atoms with Gasteiger partial charge in [-0.25, -0.2) is 0 Å². The fraction of sp³-hybridized carbons (Fsp3) is 0.967. The van der Waals surface area contributed by atoms with E-state index in [2.05, 4.69) is 20.8 Å². The van der Waals surface area contributed by atoms with Crippen LogP contribution in [0.3, 0.4) is 0 Å². The van der Waals surface area contributed by atoms with Gasteiger partial charge >= 0.3 is 5.97 Å². The molecular formula is C30H52O5. The Bertz CT molecular complexity index is 676. The molecule has 202 valence electrons. The van der Waals surface area contributed by atoms with E-state index in [1.54, 1.807) is 0 Å². The van der Waals surface area contributed by atoms with E-state index in [0.717, 1.165) is 51.6 Å². The summed E-state index contributed by atoms with van der Waals surface area (Å²) in [4.78, 5) is 11.2. The second-order valence-electron chi connectivity index (χ2n) is 12.8. The lowest BCUT2D eigenvalue weighted by Gasteiger charge is -2.52. The van der Waals surface area contributed by atoms with Crippen molar-refractivity contribution in [2.75, 3.05) is 6.61 Å². The molecule has 1 heterocycles. The molecule has 0 aromatic carbocycles. The predicted molar refractivity (Wildman–Crippen MR) is 138 cm³/mol. The number of carboxylic acid groups (broad SMARTS) is 1. The largest absolute Gasteiger partial charge is 0.481 e. The molecule has 5 unspecified atom stereocenters. The van der Waals surface area contributed by atoms with Gasteiger partial charge in [0, 0.05) is 13.0 Å². The van der Waals surface area contributed by atoms with E-state index < -0.39 is 5.97 Å². The summed E-state index contributed by atoms with van der Waals surface area (Å²) in [6, 6.07) is 0. The normalized spacial score (nSPS) is 43.7. The summed E-state index contributed by atoms with van der Waals surface area (Å²) in [6.45, 7) is 7.85. The van der Waals surface area contributed by atoms with Crippen LogP contribution in [0.25, 0.3) is 0 Å². The fourth-order valence-electron chi connectivity index (χ4n) is 8.91. The lowest BCUT2D eigenvalue weighted by Crippen LogP contribution is -2.49. The highest BCUT2D eigenvalue weighted by atomic mass is 16.7. The van der Waals surface area contributed by atoms with Crippen LogP contribution in [-0.2, 0) is 14.3 Å². The monoisotopic (exact) mass is 492 g/mol. The van der Waals surface area contributed by atoms with Crippen molar-refractivity contribution < 1.29 is 24.5 Å². The Hall–Kier alpha value is -0.650. The van der Waals surface area contributed by atoms with E-state index >= 15 is 0 Å². The predicted octanol–water partition coefficient (Wildman–Crippen LogP) is 6.81. The minimum atomic E-state index is -0.675. The van der Waals surface area contributed by atoms with Gasteiger partial charge in [-0.3, -0.25) is 4.79 Å². The quantitative estimate of drug-likeness (QED) is 0.408. The third-order valence-corrected chi connectivity index (χ3v) is 10.9. The number of ether oxygens (including phenoxy) is 2. The number of aliphatic hydroxyl groups is 1. The van der Waals surface area contributed by atoms with Gasteiger partial charge in [-0.05, 0) is 118 Å². The minimum absolute atomic E-state index is 0.0247. The average Bonchev–Trinajstić information content (AvgIpc) is 3.20. The molecule has 4 fully saturated rings. The number of carbonyl (C=O) groups is 1. The molecule has 4 aliphatic rings. The molecule has 2 N–H and O–H groups in total. The van der Waals surface area contributed by atoms with Gasteiger partial charge in [-0.15, -0.1) is 0 Å². The highest BCUT2D eigenvalue weighted by molar-refractivity contribution is 5.66. The topological polar surface area (TPSA) is 76.0 Å². The van der Waals surface area contributed by atoms with Crippen LogP contribution in [0.4, 0.5) is 0 Å². The SMILES string of the molecule is CC[C@@H]1CC[C@H](OC2CCCCO2)CCCC2CC[C@@]3(C)C(CCC3[C@H](C)CCC(=O)O)C2[C@@H]1O. The molecule has 3 saturated carbocycles. The maximum Gasteiger partial charge on any atom is 0.303 e. The first-order chi connectivity index (χ1) is 16.8. The zero-order valence-corrected chi connectivity index (χ0v) is 22.6. The minimum Gasteiger partial charge on any atom is -0.481 e. The molecule has 1 aliphatic heterocycles. The van der Waals surface area contributed by atoms with Crippen molar-refractivity contribution in [1.82, 2.24) is 0 Å². The van der Waals surface area contributed by atoms with Gasteiger partial charge in [-0.1, -0.05) is 33.6 Å². The van der Waals surface area contributed by atoms with E-state index in [-0.39, 0.29) is 30.3 Å². The lowest BCUT2D eigenvalue weighted by atomic mass is 9.53. The van der Waals surface area contributed by atoms with Crippen molar-refractivity contribution in [3.63, 3.8) is 0 Å². The van der Waals surface area contributed by atoms with E-state index in [1.165, 1.54) is 44.9 Å². The summed E-state index contributed by atoms with van der Waals surface area (Å²) >= 11 is 0. The molecule has 10 atom stereocenters. The zero-order chi connectivity index (χ0) is 25.0. The number of hydrogen-bond acceptors (Lipinski definition) is 4. The number of aliphatic carboxylic acids is 1. The van der Waals surface area contributed by atoms with Crippen molar-refractivity contribution >= 4 is 5.97 Å². The molecule has 1 saturated heterocycles. The Morgan fingerprint density at radius 1 is 1.06 bits per heavy atom. The van der Waals surface area contributed by atoms with Crippen LogP contribution >= 0.6 is 0 Å². The molecule has 5 nitrogen and oxygen atoms in total. The molecule has 0 aromatic rings. The molecule has 35 heavy (non-hydrogen) atoms. The Morgan fingerprint density at radius 2 is 1.89 bits per heavy atom. The van der Waals surface area contributed by atoms with Crippen LogP contribution in [0.5, 0.6) is 0 Å². The van der Waals surface area contributed by atoms with E-state index in [4.69, 9.17) is 9.47 Å². The molecule has 0 spiro atoms. The molecule has 0 aromatic heterocycles. The summed E-state index contributed by atoms with van der Waals surface area (Å²) in [5.74, 6) is 2.27. The van der Waals surface area contributed by atoms with E-state index in [9.17, 15) is 15.0 Å². The van der Waals surface area contributed by atoms with Crippen molar-refractivity contribution in [1.29, 1.82) is 0 Å². The van der Waals surface area contributed by atoms with Gasteiger partial charge in [0.15, 0.2) is 6.29 Å². The number of hydrogen-bond donors (Lipinski definition) is 2. The molecule has 0 bridgehead atoms. The molecule has 0 radical (unpaired) electrons. The van der Waals surface area contributed by atoms with Gasteiger partial charge in [0.1, 0.15) is 0 Å². The van der Waals surface area contributed by atoms with E-state index in [1.807, 2.05) is 0 Å². The molecular weight excluding hydrogens is 440 g/mol. The highest BCUT2D eigenvalue weighted by Gasteiger charge is 2.56. The molecule has 0 amide bonds. The van der Waals surface area contributed by atoms with Gasteiger partial charge in [0.2, 0.25) is 0 Å². The van der Waals surface area contributed by atoms with Crippen LogP contribution in [0.1, 0.15) is 117 Å². The number of carboxylic acids is 1. The van der Waals surface area contributed by atoms with Crippen LogP contribution in [0.2, 0.25) is 0 Å². The Kier molecular flexibility index (Phi) is 9.59. The standard InChI is InChI=1S/C30H52O5/c1-4-21-12-13-23(35-27-10-5-6-19-34-27)9-7-8-22-17-18-30(3)24(20(2)11-16-26(31)32)14-15-25(30)28(22)29(21)33/h20-25,27-29,33H,4-19H2,1-3H3,(H,31,32)/t20-,21-,22?,23-,24?,25?,27?,28?,29-,30-/m1/s1. The molecule has 4 rings (SSSR count). The van der Waals surface area contributed by atoms with Crippen LogP contribution in [0.15, 0.2) is 0 Å². The Balaban J connectivity index is 1.45. The van der Waals surface area contributed by atoms with Gasteiger partial charge in [0.25, 0.3) is 0 Å². The summed E-state index contributed by atoms with van der Waals surface area (Å²) in [5, 5.41) is 21.1. The summed E-state index contributed by atoms with van der Waals surface area (Å²) < 4.78 is 12.3. The van der Waals surface area contributed by atoms with E-state index in [0.29, 0.717) is 35.5 Å². The van der Waals surface area contributed by atoms with Crippen molar-refractivity contribution in [2.45, 2.75) is 136 Å². The van der Waals surface area contributed by atoms with Crippen molar-refractivity contribution in [3.05, 3.63) is 0 Å². The average molecular weight is 493 g/mol. The first-order valence-corrected chi connectivity index (χ1v) is 15.0. The zero-order valence-electron chi connectivity index (χ0n) is 22.6. The highest BCUT2D eigenvalue weighted by Crippen LogP contribution is 2.63. The maximum absolute atomic E-state index is 11.9. The summed E-state index contributed by atoms with van der Waals surface area (Å²) in [7, 11) is 0. The Morgan fingerprint density at radius 3 is 2.60 bits per heavy atom. The first kappa shape index (κ1) is 27.4. The smallest absolute Gasteiger partial charge is 0.303 e. The first-order valence-electron chi connectivity index (χ1n) is 15.0. The Labute approximate surface area is 213 Å². The fourth-order valence-corrected chi connectivity index (χ4v) is 8.91. The van der Waals surface area contributed by atoms with Crippen molar-refractivity contribution in [2.24, 2.45) is 40.9 Å². The van der Waals surface area contributed by atoms with Gasteiger partial charge in [0.05, 0.1) is 12.2 Å². The third-order valence-electron chi connectivity index (χ3n) is 10.9. The number of aliphatic hydroxyl groups excluding tert-OH is 1. The second kappa shape index (κ2) is 12.3. The van der Waals surface area contributed by atoms with Gasteiger partial charge in [-0.2, -0.15) is 0 Å². The van der Waals surface area contributed by atoms with Crippen LogP contribution < -0.4 is 0 Å². The van der Waals surface area contributed by atoms with Gasteiger partial charge < -0.3 is 19.7 Å². The van der Waals surface area contributed by atoms with Crippen LogP contribution in [-0.4, -0.2) is 41.3 Å².